The molecule has 1 amide bonds. The monoisotopic (exact) mass is 359 g/mol. The molecule has 0 saturated carbocycles. The fourth-order valence-corrected chi connectivity index (χ4v) is 2.42. The quantitative estimate of drug-likeness (QED) is 0.459. The highest BCUT2D eigenvalue weighted by atomic mass is 19.1. The number of hydroxylamine groups is 1. The van der Waals surface area contributed by atoms with Crippen LogP contribution in [0.4, 0.5) is 15.8 Å². The van der Waals surface area contributed by atoms with Gasteiger partial charge in [-0.1, -0.05) is 6.07 Å². The molecule has 0 aliphatic heterocycles. The van der Waals surface area contributed by atoms with Crippen LogP contribution < -0.4 is 10.8 Å². The molecule has 0 spiro atoms. The average Bonchev–Trinajstić information content (AvgIpc) is 2.97. The highest BCUT2D eigenvalue weighted by molar-refractivity contribution is 6.00. The van der Waals surface area contributed by atoms with Gasteiger partial charge in [0.15, 0.2) is 5.65 Å². The molecule has 3 rings (SSSR count). The first-order chi connectivity index (χ1) is 12.5. The van der Waals surface area contributed by atoms with Crippen LogP contribution in [0, 0.1) is 19.7 Å². The summed E-state index contributed by atoms with van der Waals surface area (Å²) in [4.78, 5) is 17.3. The zero-order valence-corrected chi connectivity index (χ0v) is 14.3. The smallest absolute Gasteiger partial charge is 0.278 e. The fraction of sp³-hybridized carbons (Fsp3) is 0.235. The van der Waals surface area contributed by atoms with Gasteiger partial charge in [-0.2, -0.15) is 0 Å². The van der Waals surface area contributed by atoms with Crippen LogP contribution in [0.25, 0.3) is 5.65 Å². The van der Waals surface area contributed by atoms with Crippen molar-refractivity contribution >= 4 is 22.9 Å². The highest BCUT2D eigenvalue weighted by Gasteiger charge is 2.17. The molecule has 3 aromatic rings. The Morgan fingerprint density at radius 2 is 2.08 bits per heavy atom. The number of aliphatic hydroxyl groups is 1. The Bertz CT molecular complexity index is 957. The van der Waals surface area contributed by atoms with Crippen molar-refractivity contribution in [1.82, 2.24) is 20.1 Å². The van der Waals surface area contributed by atoms with Crippen molar-refractivity contribution in [2.45, 2.75) is 13.8 Å². The Hall–Kier alpha value is -3.04. The van der Waals surface area contributed by atoms with Crippen molar-refractivity contribution in [1.29, 1.82) is 0 Å². The molecule has 8 nitrogen and oxygen atoms in total. The van der Waals surface area contributed by atoms with Gasteiger partial charge in [0.2, 0.25) is 0 Å². The van der Waals surface area contributed by atoms with Crippen LogP contribution in [0.3, 0.4) is 0 Å². The SMILES string of the molecule is Cc1ccc(Nc2cc3nnc(C)n3cc2C(=O)NOCCO)c(F)c1. The fourth-order valence-electron chi connectivity index (χ4n) is 2.42. The van der Waals surface area contributed by atoms with E-state index in [-0.39, 0.29) is 24.5 Å². The minimum Gasteiger partial charge on any atom is -0.394 e. The third-order valence-corrected chi connectivity index (χ3v) is 3.71. The second kappa shape index (κ2) is 7.46. The first-order valence-corrected chi connectivity index (χ1v) is 7.91. The zero-order valence-electron chi connectivity index (χ0n) is 14.3. The highest BCUT2D eigenvalue weighted by Crippen LogP contribution is 2.25. The Labute approximate surface area is 148 Å². The Balaban J connectivity index is 2.01. The van der Waals surface area contributed by atoms with E-state index >= 15 is 0 Å². The Morgan fingerprint density at radius 3 is 2.81 bits per heavy atom. The van der Waals surface area contributed by atoms with E-state index in [0.29, 0.717) is 17.2 Å². The normalized spacial score (nSPS) is 10.9. The Morgan fingerprint density at radius 1 is 1.27 bits per heavy atom. The van der Waals surface area contributed by atoms with Crippen molar-refractivity contribution in [3.05, 3.63) is 53.2 Å². The number of carbonyl (C=O) groups excluding carboxylic acids is 1. The number of rotatable bonds is 6. The number of aryl methyl sites for hydroxylation is 2. The van der Waals surface area contributed by atoms with Gasteiger partial charge in [-0.05, 0) is 31.5 Å². The van der Waals surface area contributed by atoms with Gasteiger partial charge >= 0.3 is 0 Å². The molecule has 9 heteroatoms. The molecule has 2 heterocycles. The second-order valence-electron chi connectivity index (χ2n) is 5.69. The summed E-state index contributed by atoms with van der Waals surface area (Å²) < 4.78 is 15.8. The summed E-state index contributed by atoms with van der Waals surface area (Å²) in [7, 11) is 0. The summed E-state index contributed by atoms with van der Waals surface area (Å²) in [5.74, 6) is -0.396. The van der Waals surface area contributed by atoms with Gasteiger partial charge in [0.25, 0.3) is 5.91 Å². The molecule has 0 saturated heterocycles. The van der Waals surface area contributed by atoms with Gasteiger partial charge in [-0.15, -0.1) is 10.2 Å². The van der Waals surface area contributed by atoms with Crippen molar-refractivity contribution in [2.24, 2.45) is 0 Å². The molecule has 3 N–H and O–H groups in total. The number of fused-ring (bicyclic) bond motifs is 1. The minimum atomic E-state index is -0.552. The predicted octanol–water partition coefficient (Wildman–Crippen LogP) is 1.88. The van der Waals surface area contributed by atoms with Gasteiger partial charge in [-0.3, -0.25) is 14.0 Å². The molecular formula is C17H18FN5O3. The number of aliphatic hydroxyl groups excluding tert-OH is 1. The summed E-state index contributed by atoms with van der Waals surface area (Å²) in [5.41, 5.74) is 4.30. The number of nitrogens with zero attached hydrogens (tertiary/aromatic N) is 3. The van der Waals surface area contributed by atoms with E-state index in [0.717, 1.165) is 5.56 Å². The molecule has 0 bridgehead atoms. The van der Waals surface area contributed by atoms with Crippen molar-refractivity contribution in [3.63, 3.8) is 0 Å². The van der Waals surface area contributed by atoms with E-state index in [1.54, 1.807) is 36.4 Å². The standard InChI is InChI=1S/C17H18FN5O3/c1-10-3-4-14(13(18)7-10)19-15-8-16-21-20-11(2)23(16)9-12(15)17(25)22-26-6-5-24/h3-4,7-9,19,24H,5-6H2,1-2H3,(H,22,25). The molecule has 2 aromatic heterocycles. The number of hydrogen-bond acceptors (Lipinski definition) is 6. The van der Waals surface area contributed by atoms with Crippen molar-refractivity contribution < 1.29 is 19.1 Å². The second-order valence-corrected chi connectivity index (χ2v) is 5.69. The van der Waals surface area contributed by atoms with E-state index in [1.807, 2.05) is 0 Å². The molecular weight excluding hydrogens is 341 g/mol. The number of nitrogens with one attached hydrogen (secondary N) is 2. The van der Waals surface area contributed by atoms with E-state index in [1.165, 1.54) is 12.3 Å². The lowest BCUT2D eigenvalue weighted by Gasteiger charge is -2.14. The van der Waals surface area contributed by atoms with Gasteiger partial charge in [0, 0.05) is 12.3 Å². The number of hydrogen-bond donors (Lipinski definition) is 3. The molecule has 0 unspecified atom stereocenters. The van der Waals surface area contributed by atoms with Crippen LogP contribution in [0.2, 0.25) is 0 Å². The number of anilines is 2. The molecule has 1 aromatic carbocycles. The lowest BCUT2D eigenvalue weighted by molar-refractivity contribution is 0.0168. The minimum absolute atomic E-state index is 0.0466. The van der Waals surface area contributed by atoms with Crippen LogP contribution in [0.15, 0.2) is 30.5 Å². The third kappa shape index (κ3) is 3.63. The van der Waals surface area contributed by atoms with Gasteiger partial charge < -0.3 is 10.4 Å². The van der Waals surface area contributed by atoms with E-state index < -0.39 is 11.7 Å². The molecule has 0 aliphatic carbocycles. The van der Waals surface area contributed by atoms with E-state index in [4.69, 9.17) is 9.94 Å². The summed E-state index contributed by atoms with van der Waals surface area (Å²) in [6.45, 7) is 3.25. The van der Waals surface area contributed by atoms with Crippen LogP contribution >= 0.6 is 0 Å². The van der Waals surface area contributed by atoms with Crippen molar-refractivity contribution in [3.8, 4) is 0 Å². The van der Waals surface area contributed by atoms with E-state index in [2.05, 4.69) is 21.0 Å². The molecule has 0 fully saturated rings. The van der Waals surface area contributed by atoms with Crippen LogP contribution in [0.1, 0.15) is 21.7 Å². The number of amides is 1. The van der Waals surface area contributed by atoms with Gasteiger partial charge in [-0.25, -0.2) is 9.87 Å². The van der Waals surface area contributed by atoms with Crippen LogP contribution in [0.5, 0.6) is 0 Å². The number of aromatic nitrogens is 3. The lowest BCUT2D eigenvalue weighted by atomic mass is 10.1. The van der Waals surface area contributed by atoms with Gasteiger partial charge in [0.1, 0.15) is 11.6 Å². The first kappa shape index (κ1) is 17.8. The first-order valence-electron chi connectivity index (χ1n) is 7.91. The summed E-state index contributed by atoms with van der Waals surface area (Å²) in [5, 5.41) is 19.7. The molecule has 26 heavy (non-hydrogen) atoms. The molecule has 136 valence electrons. The zero-order chi connectivity index (χ0) is 18.7. The predicted molar refractivity (Wildman–Crippen MR) is 92.6 cm³/mol. The lowest BCUT2D eigenvalue weighted by Crippen LogP contribution is -2.26. The third-order valence-electron chi connectivity index (χ3n) is 3.71. The molecule has 0 radical (unpaired) electrons. The Kier molecular flexibility index (Phi) is 5.10. The van der Waals surface area contributed by atoms with Crippen LogP contribution in [-0.2, 0) is 4.84 Å². The number of halogens is 1. The van der Waals surface area contributed by atoms with Crippen molar-refractivity contribution in [2.75, 3.05) is 18.5 Å². The van der Waals surface area contributed by atoms with Gasteiger partial charge in [0.05, 0.1) is 30.2 Å². The number of carbonyl (C=O) groups is 1. The maximum Gasteiger partial charge on any atom is 0.278 e. The van der Waals surface area contributed by atoms with E-state index in [9.17, 15) is 9.18 Å². The number of benzene rings is 1. The van der Waals surface area contributed by atoms with Crippen LogP contribution in [-0.4, -0.2) is 38.8 Å². The average molecular weight is 359 g/mol. The maximum absolute atomic E-state index is 14.2. The summed E-state index contributed by atoms with van der Waals surface area (Å²) in [6, 6.07) is 6.34. The molecule has 0 aliphatic rings. The largest absolute Gasteiger partial charge is 0.394 e. The number of pyridine rings is 1. The maximum atomic E-state index is 14.2. The summed E-state index contributed by atoms with van der Waals surface area (Å²) in [6.07, 6.45) is 1.54. The topological polar surface area (TPSA) is 101 Å². The molecule has 0 atom stereocenters. The summed E-state index contributed by atoms with van der Waals surface area (Å²) >= 11 is 0.